The smallest absolute Gasteiger partial charge is 0.445 e. The molecule has 5 heterocycles. The number of nitrogens with two attached hydrogens (primary N) is 1. The van der Waals surface area contributed by atoms with Crippen molar-refractivity contribution in [1.29, 1.82) is 0 Å². The van der Waals surface area contributed by atoms with Crippen molar-refractivity contribution in [2.24, 2.45) is 23.5 Å². The van der Waals surface area contributed by atoms with E-state index in [1.54, 1.807) is 84.4 Å². The van der Waals surface area contributed by atoms with Gasteiger partial charge in [-0.05, 0) is 94.6 Å². The molecule has 0 bridgehead atoms. The maximum atomic E-state index is 13.5. The van der Waals surface area contributed by atoms with Gasteiger partial charge in [-0.15, -0.1) is 10.1 Å². The summed E-state index contributed by atoms with van der Waals surface area (Å²) in [6, 6.07) is 23.9. The Hall–Kier alpha value is -7.37. The molecule has 18 N–H and O–H groups in total. The van der Waals surface area contributed by atoms with Crippen molar-refractivity contribution in [3.8, 4) is 0 Å². The van der Waals surface area contributed by atoms with E-state index in [4.69, 9.17) is 62.8 Å². The molecule has 0 spiro atoms. The van der Waals surface area contributed by atoms with Gasteiger partial charge in [0.05, 0.1) is 67.9 Å². The standard InChI is InChI=1S/C34H55N3O13.C22H21N3O8.C21H40N2O10/c1-6-21-23(39)24(40)25(41)32(48-21)49-28-18(2)14-20(29(26(28)42)50-31-27(43)30(35-4)34(3,45)17-47-31)15-22(38)37(5)13-12-36-33(44)46-16-19-10-8-7-9-11-19;26-18-11-12-19(27)25(18)33-22(30)24(32-20(28)17-9-5-2-6-10-17)14-13-23-21(29)31-15-16-7-3-1-4-8-16;1-5-10-11(24)12(25)13(26)20(31-10)32-16-8(2)6-9(22)17(14(16)27)33-19-15(28)18(23-4)21(3,29)7-30-19/h7-11,18,20-21,23-32,35,39-43,45H,6,12-17H2,1-5H3,(H,36,44);1-10H,11-15H2,(H,23,29);8-20,23-29H,5-7,22H2,1-4H3/t18-,20-,21+,23+,24-,25+,26-,27+,28?,29-,30+,31+,32+,34-;;8-,9+,10+,11+,12-,13+,14-,15+,16?,17-,18+,19+,20+,21-/m0.0/s1. The number of rotatable bonds is 26. The maximum absolute atomic E-state index is 13.5. The SMILES string of the molecule is CC[C@H]1O[C@H](OC2[C@@H](C)C[C@@H](CC(=O)N(C)CCNC(=O)OCc3ccccc3)[C@H](O[C@H]3OC[C@](C)(O)[C@H](NC)[C@H]3O)[C@H]2O)[C@H](O)[C@@H](O)[C@@H]1O.CC[C@H]1O[C@H](OC2[C@@H](C)C[C@@H](N)[C@H](O[C@H]3OC[C@](C)(O)[C@H](NC)[C@H]3O)[C@H]2O)[C@H](O)[C@@H](O)[C@@H]1O.O=C(NCCN(OC(=O)c1ccccc1)C(=O)ON1C(=O)CCC1=O)OCc1ccccc1. The van der Waals surface area contributed by atoms with Crippen LogP contribution in [0.25, 0.3) is 0 Å². The molecule has 28 atom stereocenters. The number of aliphatic hydroxyl groups excluding tert-OH is 10. The van der Waals surface area contributed by atoms with Crippen LogP contribution in [0.5, 0.6) is 0 Å². The van der Waals surface area contributed by atoms with Gasteiger partial charge in [0, 0.05) is 52.0 Å². The van der Waals surface area contributed by atoms with Gasteiger partial charge in [-0.2, -0.15) is 0 Å². The minimum Gasteiger partial charge on any atom is -0.445 e. The number of hydrogen-bond donors (Lipinski definition) is 17. The van der Waals surface area contributed by atoms with Crippen LogP contribution >= 0.6 is 0 Å². The highest BCUT2D eigenvalue weighted by atomic mass is 16.8. The molecule has 2 unspecified atom stereocenters. The van der Waals surface area contributed by atoms with Crippen molar-refractivity contribution in [1.82, 2.24) is 36.3 Å². The molecule has 5 aliphatic heterocycles. The van der Waals surface area contributed by atoms with Crippen molar-refractivity contribution >= 4 is 42.0 Å². The monoisotopic (exact) mass is 1650 g/mol. The van der Waals surface area contributed by atoms with E-state index in [9.17, 15) is 94.8 Å². The van der Waals surface area contributed by atoms with E-state index in [-0.39, 0.29) is 89.3 Å². The molecule has 116 heavy (non-hydrogen) atoms. The Labute approximate surface area is 671 Å². The third-order valence-corrected chi connectivity index (χ3v) is 21.4. The zero-order valence-corrected chi connectivity index (χ0v) is 66.3. The summed E-state index contributed by atoms with van der Waals surface area (Å²) in [7, 11) is 4.76. The molecule has 6 amide bonds. The first kappa shape index (κ1) is 94.1. The van der Waals surface area contributed by atoms with Gasteiger partial charge in [-0.1, -0.05) is 107 Å². The molecule has 650 valence electrons. The van der Waals surface area contributed by atoms with Crippen molar-refractivity contribution < 1.29 is 152 Å². The number of nitrogens with zero attached hydrogens (tertiary/aromatic N) is 3. The van der Waals surface area contributed by atoms with E-state index in [0.29, 0.717) is 35.8 Å². The Morgan fingerprint density at radius 2 is 0.957 bits per heavy atom. The van der Waals surface area contributed by atoms with E-state index >= 15 is 0 Å². The molecule has 0 radical (unpaired) electrons. The fourth-order valence-electron chi connectivity index (χ4n) is 14.8. The Morgan fingerprint density at radius 1 is 0.543 bits per heavy atom. The van der Waals surface area contributed by atoms with Gasteiger partial charge in [-0.3, -0.25) is 14.4 Å². The highest BCUT2D eigenvalue weighted by Gasteiger charge is 2.55. The highest BCUT2D eigenvalue weighted by Crippen LogP contribution is 2.41. The average Bonchev–Trinajstić information content (AvgIpc) is 0.797. The number of benzene rings is 3. The number of ether oxygens (including phenoxy) is 10. The third kappa shape index (κ3) is 24.7. The quantitative estimate of drug-likeness (QED) is 0.0299. The minimum absolute atomic E-state index is 0.0423. The number of amides is 6. The first-order chi connectivity index (χ1) is 55.0. The van der Waals surface area contributed by atoms with Crippen molar-refractivity contribution in [2.45, 2.75) is 252 Å². The highest BCUT2D eigenvalue weighted by molar-refractivity contribution is 6.01. The number of carbonyl (C=O) groups excluding carboxylic acids is 7. The lowest BCUT2D eigenvalue weighted by Crippen LogP contribution is -2.67. The topological polar surface area (TPSA) is 557 Å². The predicted octanol–water partition coefficient (Wildman–Crippen LogP) is -2.23. The summed E-state index contributed by atoms with van der Waals surface area (Å²) in [6.07, 6.45) is -26.1. The Morgan fingerprint density at radius 3 is 1.41 bits per heavy atom. The van der Waals surface area contributed by atoms with Crippen LogP contribution < -0.4 is 27.0 Å². The molecular weight excluding hydrogens is 1530 g/mol. The van der Waals surface area contributed by atoms with Crippen LogP contribution in [-0.4, -0.2) is 331 Å². The molecule has 2 aliphatic carbocycles. The number of hydrogen-bond acceptors (Lipinski definition) is 34. The largest absolute Gasteiger partial charge is 0.468 e. The van der Waals surface area contributed by atoms with Crippen LogP contribution in [0.1, 0.15) is 108 Å². The van der Waals surface area contributed by atoms with Crippen LogP contribution in [0.4, 0.5) is 14.4 Å². The van der Waals surface area contributed by atoms with Gasteiger partial charge in [-0.25, -0.2) is 19.2 Å². The number of hydroxylamine groups is 4. The molecule has 7 aliphatic rings. The summed E-state index contributed by atoms with van der Waals surface area (Å²) in [5.41, 5.74) is 5.29. The number of nitrogens with one attached hydrogen (secondary N) is 4. The van der Waals surface area contributed by atoms with Crippen molar-refractivity contribution in [3.05, 3.63) is 108 Å². The molecule has 3 aromatic carbocycles. The predicted molar refractivity (Wildman–Crippen MR) is 401 cm³/mol. The lowest BCUT2D eigenvalue weighted by Gasteiger charge is -2.49. The molecule has 3 aromatic rings. The van der Waals surface area contributed by atoms with Crippen LogP contribution in [0.15, 0.2) is 91.0 Å². The van der Waals surface area contributed by atoms with E-state index in [0.717, 1.165) is 11.1 Å². The van der Waals surface area contributed by atoms with Crippen molar-refractivity contribution in [3.63, 3.8) is 0 Å². The second-order valence-electron chi connectivity index (χ2n) is 30.4. The fraction of sp³-hybridized carbons (Fsp3) is 0.675. The van der Waals surface area contributed by atoms with Gasteiger partial charge < -0.3 is 150 Å². The Bertz CT molecular complexity index is 3570. The van der Waals surface area contributed by atoms with E-state index in [2.05, 4.69) is 21.3 Å². The Balaban J connectivity index is 0.000000225. The molecule has 7 fully saturated rings. The lowest BCUT2D eigenvalue weighted by atomic mass is 9.74. The third-order valence-electron chi connectivity index (χ3n) is 21.4. The van der Waals surface area contributed by atoms with Crippen LogP contribution in [0.2, 0.25) is 0 Å². The van der Waals surface area contributed by atoms with Gasteiger partial charge in [0.25, 0.3) is 11.8 Å². The molecule has 39 heteroatoms. The lowest BCUT2D eigenvalue weighted by molar-refractivity contribution is -0.337. The molecular formula is C77H116N8O31. The number of imide groups is 1. The zero-order valence-electron chi connectivity index (χ0n) is 66.3. The zero-order chi connectivity index (χ0) is 85.0. The minimum atomic E-state index is -1.61. The van der Waals surface area contributed by atoms with Crippen molar-refractivity contribution in [2.75, 3.05) is 60.5 Å². The van der Waals surface area contributed by atoms with Gasteiger partial charge in [0.2, 0.25) is 5.91 Å². The summed E-state index contributed by atoms with van der Waals surface area (Å²) in [5.74, 6) is -3.81. The van der Waals surface area contributed by atoms with Gasteiger partial charge in [0.1, 0.15) is 91.6 Å². The van der Waals surface area contributed by atoms with Crippen LogP contribution in [0, 0.1) is 17.8 Å². The fourth-order valence-corrected chi connectivity index (χ4v) is 14.8. The normalized spacial score (nSPS) is 35.8. The van der Waals surface area contributed by atoms with E-state index < -0.39 is 200 Å². The van der Waals surface area contributed by atoms with E-state index in [1.807, 2.05) is 43.3 Å². The average molecular weight is 1650 g/mol. The van der Waals surface area contributed by atoms with Crippen LogP contribution in [-0.2, 0) is 84.6 Å². The summed E-state index contributed by atoms with van der Waals surface area (Å²) >= 11 is 0. The van der Waals surface area contributed by atoms with E-state index in [1.165, 1.54) is 30.9 Å². The molecule has 2 saturated carbocycles. The molecule has 5 saturated heterocycles. The molecule has 0 aromatic heterocycles. The van der Waals surface area contributed by atoms with Gasteiger partial charge in [0.15, 0.2) is 25.2 Å². The number of likely N-dealkylation sites (N-methyl/N-ethyl adjacent to an activating group) is 3. The summed E-state index contributed by atoms with van der Waals surface area (Å²) in [5, 5.41) is 139. The number of alkyl carbamates (subject to hydrolysis) is 2. The maximum Gasteiger partial charge on any atom is 0.468 e. The summed E-state index contributed by atoms with van der Waals surface area (Å²) in [4.78, 5) is 97.1. The summed E-state index contributed by atoms with van der Waals surface area (Å²) in [6.45, 7) is 9.82. The second-order valence-corrected chi connectivity index (χ2v) is 30.4. The summed E-state index contributed by atoms with van der Waals surface area (Å²) < 4.78 is 57.1. The molecule has 10 rings (SSSR count). The number of carbonyl (C=O) groups is 7. The first-order valence-electron chi connectivity index (χ1n) is 38.8. The second kappa shape index (κ2) is 43.6. The van der Waals surface area contributed by atoms with Gasteiger partial charge >= 0.3 is 24.2 Å². The number of aliphatic hydroxyl groups is 12. The first-order valence-corrected chi connectivity index (χ1v) is 38.8. The van der Waals surface area contributed by atoms with Crippen LogP contribution in [0.3, 0.4) is 0 Å². The molecule has 39 nitrogen and oxygen atoms in total. The Kier molecular flexibility index (Phi) is 35.3.